The van der Waals surface area contributed by atoms with E-state index in [9.17, 15) is 4.79 Å². The highest BCUT2D eigenvalue weighted by Crippen LogP contribution is 2.15. The Morgan fingerprint density at radius 3 is 2.50 bits per heavy atom. The zero-order valence-electron chi connectivity index (χ0n) is 9.70. The van der Waals surface area contributed by atoms with E-state index in [2.05, 4.69) is 6.92 Å². The van der Waals surface area contributed by atoms with Crippen LogP contribution in [0.25, 0.3) is 0 Å². The van der Waals surface area contributed by atoms with Gasteiger partial charge in [0.25, 0.3) is 0 Å². The molecule has 88 valence electrons. The smallest absolute Gasteiger partial charge is 0.180 e. The quantitative estimate of drug-likeness (QED) is 0.431. The normalized spacial score (nSPS) is 12.2. The molecule has 2 nitrogen and oxygen atoms in total. The number of ether oxygens (including phenoxy) is 1. The molecule has 0 fully saturated rings. The summed E-state index contributed by atoms with van der Waals surface area (Å²) in [5.74, 6) is 0.744. The number of carbonyl (C=O) groups excluding carboxylic acids is 1. The van der Waals surface area contributed by atoms with Crippen LogP contribution in [0.15, 0.2) is 24.3 Å². The third-order valence-corrected chi connectivity index (χ3v) is 2.46. The topological polar surface area (TPSA) is 26.3 Å². The van der Waals surface area contributed by atoms with E-state index in [1.54, 1.807) is 19.1 Å². The van der Waals surface area contributed by atoms with Crippen molar-refractivity contribution < 1.29 is 9.53 Å². The fourth-order valence-electron chi connectivity index (χ4n) is 1.28. The van der Waals surface area contributed by atoms with Crippen LogP contribution >= 0.6 is 11.6 Å². The molecule has 1 aromatic carbocycles. The van der Waals surface area contributed by atoms with Gasteiger partial charge in [0.1, 0.15) is 5.75 Å². The maximum absolute atomic E-state index is 11.5. The monoisotopic (exact) mass is 240 g/mol. The van der Waals surface area contributed by atoms with Gasteiger partial charge in [0, 0.05) is 5.56 Å². The number of benzene rings is 1. The van der Waals surface area contributed by atoms with E-state index in [1.807, 2.05) is 12.1 Å². The molecule has 0 aliphatic rings. The molecule has 0 aliphatic carbocycles. The zero-order valence-corrected chi connectivity index (χ0v) is 10.5. The van der Waals surface area contributed by atoms with Gasteiger partial charge < -0.3 is 4.74 Å². The molecule has 0 saturated heterocycles. The number of hydrogen-bond acceptors (Lipinski definition) is 2. The second-order valence-electron chi connectivity index (χ2n) is 3.71. The summed E-state index contributed by atoms with van der Waals surface area (Å²) >= 11 is 5.72. The average molecular weight is 241 g/mol. The third kappa shape index (κ3) is 3.86. The maximum Gasteiger partial charge on any atom is 0.180 e. The van der Waals surface area contributed by atoms with Crippen LogP contribution in [-0.2, 0) is 0 Å². The predicted octanol–water partition coefficient (Wildman–Crippen LogP) is 3.68. The molecule has 1 aromatic rings. The van der Waals surface area contributed by atoms with Gasteiger partial charge >= 0.3 is 0 Å². The van der Waals surface area contributed by atoms with Crippen molar-refractivity contribution in [2.24, 2.45) is 0 Å². The number of unbranched alkanes of at least 4 members (excludes halogenated alkanes) is 1. The van der Waals surface area contributed by atoms with E-state index in [1.165, 1.54) is 0 Å². The number of alkyl halides is 1. The van der Waals surface area contributed by atoms with Crippen molar-refractivity contribution >= 4 is 17.4 Å². The van der Waals surface area contributed by atoms with E-state index in [-0.39, 0.29) is 5.78 Å². The predicted molar refractivity (Wildman–Crippen MR) is 66.5 cm³/mol. The van der Waals surface area contributed by atoms with Crippen LogP contribution < -0.4 is 4.74 Å². The van der Waals surface area contributed by atoms with Crippen molar-refractivity contribution in [1.29, 1.82) is 0 Å². The van der Waals surface area contributed by atoms with Crippen LogP contribution in [0.4, 0.5) is 0 Å². The Hall–Kier alpha value is -1.02. The van der Waals surface area contributed by atoms with Crippen LogP contribution in [0.1, 0.15) is 37.0 Å². The number of hydrogen-bond donors (Lipinski definition) is 0. The lowest BCUT2D eigenvalue weighted by Crippen LogP contribution is -2.10. The van der Waals surface area contributed by atoms with Crippen molar-refractivity contribution in [2.75, 3.05) is 6.61 Å². The summed E-state index contributed by atoms with van der Waals surface area (Å²) in [6, 6.07) is 7.12. The summed E-state index contributed by atoms with van der Waals surface area (Å²) in [5, 5.41) is -0.480. The van der Waals surface area contributed by atoms with Gasteiger partial charge in [-0.1, -0.05) is 13.3 Å². The Balaban J connectivity index is 2.57. The van der Waals surface area contributed by atoms with Gasteiger partial charge in [0.15, 0.2) is 5.78 Å². The number of halogens is 1. The number of carbonyl (C=O) groups is 1. The van der Waals surface area contributed by atoms with Crippen molar-refractivity contribution in [2.45, 2.75) is 32.1 Å². The van der Waals surface area contributed by atoms with Crippen LogP contribution in [-0.4, -0.2) is 17.8 Å². The van der Waals surface area contributed by atoms with Crippen molar-refractivity contribution in [3.63, 3.8) is 0 Å². The minimum absolute atomic E-state index is 0.0539. The molecule has 16 heavy (non-hydrogen) atoms. The van der Waals surface area contributed by atoms with Gasteiger partial charge in [0.05, 0.1) is 12.0 Å². The molecule has 0 saturated carbocycles. The van der Waals surface area contributed by atoms with Crippen LogP contribution in [0.2, 0.25) is 0 Å². The minimum Gasteiger partial charge on any atom is -0.494 e. The van der Waals surface area contributed by atoms with Crippen LogP contribution in [0, 0.1) is 0 Å². The molecule has 3 heteroatoms. The molecule has 1 unspecified atom stereocenters. The zero-order chi connectivity index (χ0) is 12.0. The maximum atomic E-state index is 11.5. The number of ketones is 1. The summed E-state index contributed by atoms with van der Waals surface area (Å²) < 4.78 is 5.50. The lowest BCUT2D eigenvalue weighted by Gasteiger charge is -2.06. The molecular formula is C13H17ClO2. The lowest BCUT2D eigenvalue weighted by atomic mass is 10.1. The number of Topliss-reactive ketones (excluding diaryl/α,β-unsaturated/α-hetero) is 1. The van der Waals surface area contributed by atoms with Gasteiger partial charge in [0.2, 0.25) is 0 Å². The molecular weight excluding hydrogens is 224 g/mol. The molecule has 0 heterocycles. The van der Waals surface area contributed by atoms with Crippen molar-refractivity contribution in [1.82, 2.24) is 0 Å². The van der Waals surface area contributed by atoms with E-state index < -0.39 is 5.38 Å². The van der Waals surface area contributed by atoms with E-state index >= 15 is 0 Å². The average Bonchev–Trinajstić information content (AvgIpc) is 2.29. The largest absolute Gasteiger partial charge is 0.494 e. The summed E-state index contributed by atoms with van der Waals surface area (Å²) in [6.45, 7) is 4.51. The molecule has 0 spiro atoms. The van der Waals surface area contributed by atoms with Crippen molar-refractivity contribution in [3.05, 3.63) is 29.8 Å². The van der Waals surface area contributed by atoms with Gasteiger partial charge in [-0.15, -0.1) is 11.6 Å². The van der Waals surface area contributed by atoms with E-state index in [0.29, 0.717) is 5.56 Å². The molecule has 0 aliphatic heterocycles. The first-order valence-electron chi connectivity index (χ1n) is 5.56. The van der Waals surface area contributed by atoms with Gasteiger partial charge in [-0.2, -0.15) is 0 Å². The first kappa shape index (κ1) is 13.0. The van der Waals surface area contributed by atoms with Crippen molar-refractivity contribution in [3.8, 4) is 5.75 Å². The highest BCUT2D eigenvalue weighted by atomic mass is 35.5. The first-order valence-corrected chi connectivity index (χ1v) is 6.00. The lowest BCUT2D eigenvalue weighted by molar-refractivity contribution is 0.0991. The molecule has 1 atom stereocenters. The van der Waals surface area contributed by atoms with Gasteiger partial charge in [-0.25, -0.2) is 0 Å². The molecule has 0 aromatic heterocycles. The summed E-state index contributed by atoms with van der Waals surface area (Å²) in [6.07, 6.45) is 2.15. The Kier molecular flexibility index (Phi) is 5.33. The molecule has 1 rings (SSSR count). The Morgan fingerprint density at radius 2 is 2.00 bits per heavy atom. The fourth-order valence-corrected chi connectivity index (χ4v) is 1.41. The fraction of sp³-hybridized carbons (Fsp3) is 0.462. The Morgan fingerprint density at radius 1 is 1.38 bits per heavy atom. The second kappa shape index (κ2) is 6.54. The second-order valence-corrected chi connectivity index (χ2v) is 4.36. The Bertz CT molecular complexity index is 330. The minimum atomic E-state index is -0.480. The Labute approximate surface area is 102 Å². The van der Waals surface area contributed by atoms with E-state index in [4.69, 9.17) is 16.3 Å². The van der Waals surface area contributed by atoms with Crippen LogP contribution in [0.3, 0.4) is 0 Å². The summed E-state index contributed by atoms with van der Waals surface area (Å²) in [7, 11) is 0. The first-order chi connectivity index (χ1) is 7.65. The molecule has 0 bridgehead atoms. The molecule has 0 radical (unpaired) electrons. The standard InChI is InChI=1S/C13H17ClO2/c1-3-4-9-16-12-7-5-11(6-8-12)13(15)10(2)14/h5-8,10H,3-4,9H2,1-2H3. The highest BCUT2D eigenvalue weighted by molar-refractivity contribution is 6.33. The SMILES string of the molecule is CCCCOc1ccc(C(=O)C(C)Cl)cc1. The highest BCUT2D eigenvalue weighted by Gasteiger charge is 2.11. The molecule has 0 amide bonds. The summed E-state index contributed by atoms with van der Waals surface area (Å²) in [5.41, 5.74) is 0.630. The molecule has 0 N–H and O–H groups in total. The number of rotatable bonds is 6. The van der Waals surface area contributed by atoms with Gasteiger partial charge in [-0.3, -0.25) is 4.79 Å². The van der Waals surface area contributed by atoms with E-state index in [0.717, 1.165) is 25.2 Å². The summed E-state index contributed by atoms with van der Waals surface area (Å²) in [4.78, 5) is 11.5. The van der Waals surface area contributed by atoms with Crippen LogP contribution in [0.5, 0.6) is 5.75 Å². The third-order valence-electron chi connectivity index (χ3n) is 2.27. The van der Waals surface area contributed by atoms with Gasteiger partial charge in [-0.05, 0) is 37.6 Å².